The molecule has 78 valence electrons. The number of furan rings is 1. The van der Waals surface area contributed by atoms with Crippen molar-refractivity contribution in [2.75, 3.05) is 5.32 Å². The van der Waals surface area contributed by atoms with Gasteiger partial charge >= 0.3 is 0 Å². The molecule has 0 aliphatic heterocycles. The molecule has 1 aromatic rings. The van der Waals surface area contributed by atoms with Gasteiger partial charge in [0.2, 0.25) is 11.8 Å². The number of aryl methyl sites for hydroxylation is 1. The van der Waals surface area contributed by atoms with E-state index in [0.29, 0.717) is 11.3 Å². The molecular weight excluding hydrogens is 192 g/mol. The van der Waals surface area contributed by atoms with Crippen LogP contribution in [0.25, 0.3) is 0 Å². The van der Waals surface area contributed by atoms with E-state index in [4.69, 9.17) is 9.68 Å². The molecule has 1 heterocycles. The molecule has 0 aliphatic rings. The molecule has 0 spiro atoms. The molecule has 0 radical (unpaired) electrons. The molecule has 0 saturated carbocycles. The van der Waals surface area contributed by atoms with Crippen molar-refractivity contribution in [1.82, 2.24) is 0 Å². The average Bonchev–Trinajstić information content (AvgIpc) is 2.42. The maximum Gasteiger partial charge on any atom is 0.250 e. The lowest BCUT2D eigenvalue weighted by molar-refractivity contribution is -0.112. The van der Waals surface area contributed by atoms with Gasteiger partial charge in [0, 0.05) is 5.56 Å². The standard InChI is InChI=1S/C11H12N2O2/c1-4-5-10(14)13-11-9(6-12)7(2)8(3)15-11/h4-5H,1-3H3,(H,13,14)/b5-4+. The Morgan fingerprint density at radius 1 is 1.53 bits per heavy atom. The zero-order chi connectivity index (χ0) is 11.4. The third-order valence-electron chi connectivity index (χ3n) is 2.05. The summed E-state index contributed by atoms with van der Waals surface area (Å²) in [6.07, 6.45) is 2.98. The Bertz CT molecular complexity index is 450. The van der Waals surface area contributed by atoms with Gasteiger partial charge < -0.3 is 4.42 Å². The minimum atomic E-state index is -0.303. The summed E-state index contributed by atoms with van der Waals surface area (Å²) in [7, 11) is 0. The predicted molar refractivity (Wildman–Crippen MR) is 56.3 cm³/mol. The van der Waals surface area contributed by atoms with Gasteiger partial charge in [-0.1, -0.05) is 6.08 Å². The lowest BCUT2D eigenvalue weighted by Crippen LogP contribution is -2.07. The molecule has 1 amide bonds. The normalized spacial score (nSPS) is 10.3. The molecule has 0 fully saturated rings. The van der Waals surface area contributed by atoms with Crippen LogP contribution >= 0.6 is 0 Å². The highest BCUT2D eigenvalue weighted by Crippen LogP contribution is 2.25. The third kappa shape index (κ3) is 2.26. The van der Waals surface area contributed by atoms with E-state index in [9.17, 15) is 4.79 Å². The van der Waals surface area contributed by atoms with Crippen LogP contribution in [0.15, 0.2) is 16.6 Å². The molecule has 15 heavy (non-hydrogen) atoms. The van der Waals surface area contributed by atoms with E-state index in [1.54, 1.807) is 26.8 Å². The fourth-order valence-electron chi connectivity index (χ4n) is 1.15. The second-order valence-corrected chi connectivity index (χ2v) is 3.09. The summed E-state index contributed by atoms with van der Waals surface area (Å²) < 4.78 is 5.26. The monoisotopic (exact) mass is 204 g/mol. The van der Waals surface area contributed by atoms with Crippen molar-refractivity contribution >= 4 is 11.8 Å². The van der Waals surface area contributed by atoms with Crippen LogP contribution in [-0.4, -0.2) is 5.91 Å². The first-order valence-corrected chi connectivity index (χ1v) is 4.54. The number of allylic oxidation sites excluding steroid dienone is 1. The summed E-state index contributed by atoms with van der Waals surface area (Å²) in [5.41, 5.74) is 1.14. The maximum absolute atomic E-state index is 11.2. The van der Waals surface area contributed by atoms with E-state index < -0.39 is 0 Å². The van der Waals surface area contributed by atoms with E-state index in [0.717, 1.165) is 5.56 Å². The average molecular weight is 204 g/mol. The fourth-order valence-corrected chi connectivity index (χ4v) is 1.15. The number of nitrogens with zero attached hydrogens (tertiary/aromatic N) is 1. The molecule has 0 bridgehead atoms. The Hall–Kier alpha value is -2.02. The molecule has 0 aromatic carbocycles. The number of hydrogen-bond acceptors (Lipinski definition) is 3. The number of carbonyl (C=O) groups excluding carboxylic acids is 1. The van der Waals surface area contributed by atoms with Crippen LogP contribution in [0.2, 0.25) is 0 Å². The van der Waals surface area contributed by atoms with Gasteiger partial charge in [-0.25, -0.2) is 0 Å². The molecule has 4 heteroatoms. The van der Waals surface area contributed by atoms with Crippen LogP contribution in [0.1, 0.15) is 23.8 Å². The summed E-state index contributed by atoms with van der Waals surface area (Å²) in [5.74, 6) is 0.556. The lowest BCUT2D eigenvalue weighted by atomic mass is 10.2. The van der Waals surface area contributed by atoms with E-state index in [2.05, 4.69) is 5.32 Å². The van der Waals surface area contributed by atoms with Crippen LogP contribution in [0.3, 0.4) is 0 Å². The molecule has 0 atom stereocenters. The van der Waals surface area contributed by atoms with Crippen LogP contribution in [0, 0.1) is 25.2 Å². The molecule has 1 N–H and O–H groups in total. The second-order valence-electron chi connectivity index (χ2n) is 3.09. The van der Waals surface area contributed by atoms with Crippen molar-refractivity contribution in [3.8, 4) is 6.07 Å². The van der Waals surface area contributed by atoms with Crippen molar-refractivity contribution in [1.29, 1.82) is 5.26 Å². The summed E-state index contributed by atoms with van der Waals surface area (Å²) in [6.45, 7) is 5.27. The highest BCUT2D eigenvalue weighted by molar-refractivity contribution is 5.99. The zero-order valence-electron chi connectivity index (χ0n) is 8.92. The van der Waals surface area contributed by atoms with E-state index in [1.807, 2.05) is 6.07 Å². The van der Waals surface area contributed by atoms with Gasteiger partial charge in [0.1, 0.15) is 17.4 Å². The predicted octanol–water partition coefficient (Wildman–Crippen LogP) is 2.28. The third-order valence-corrected chi connectivity index (χ3v) is 2.05. The Kier molecular flexibility index (Phi) is 3.29. The van der Waals surface area contributed by atoms with Gasteiger partial charge in [-0.3, -0.25) is 10.1 Å². The first kappa shape index (κ1) is 11.1. The number of rotatable bonds is 2. The molecule has 4 nitrogen and oxygen atoms in total. The lowest BCUT2D eigenvalue weighted by Gasteiger charge is -1.96. The van der Waals surface area contributed by atoms with Crippen molar-refractivity contribution in [2.45, 2.75) is 20.8 Å². The van der Waals surface area contributed by atoms with Crippen molar-refractivity contribution in [3.63, 3.8) is 0 Å². The largest absolute Gasteiger partial charge is 0.444 e. The van der Waals surface area contributed by atoms with Gasteiger partial charge in [0.15, 0.2) is 0 Å². The highest BCUT2D eigenvalue weighted by Gasteiger charge is 2.15. The van der Waals surface area contributed by atoms with Gasteiger partial charge in [-0.2, -0.15) is 5.26 Å². The fraction of sp³-hybridized carbons (Fsp3) is 0.273. The van der Waals surface area contributed by atoms with Crippen LogP contribution < -0.4 is 5.32 Å². The maximum atomic E-state index is 11.2. The zero-order valence-corrected chi connectivity index (χ0v) is 8.92. The number of hydrogen-bond donors (Lipinski definition) is 1. The highest BCUT2D eigenvalue weighted by atomic mass is 16.4. The molecule has 0 unspecified atom stereocenters. The molecule has 1 aromatic heterocycles. The number of nitrogens with one attached hydrogen (secondary N) is 1. The first-order valence-electron chi connectivity index (χ1n) is 4.54. The van der Waals surface area contributed by atoms with Crippen LogP contribution in [0.4, 0.5) is 5.88 Å². The Morgan fingerprint density at radius 2 is 2.20 bits per heavy atom. The van der Waals surface area contributed by atoms with Crippen LogP contribution in [0.5, 0.6) is 0 Å². The van der Waals surface area contributed by atoms with Gasteiger partial charge in [-0.05, 0) is 26.8 Å². The van der Waals surface area contributed by atoms with Crippen molar-refractivity contribution in [3.05, 3.63) is 29.0 Å². The number of nitriles is 1. The smallest absolute Gasteiger partial charge is 0.250 e. The number of carbonyl (C=O) groups is 1. The second kappa shape index (κ2) is 4.47. The summed E-state index contributed by atoms with van der Waals surface area (Å²) in [6, 6.07) is 2.00. The minimum Gasteiger partial charge on any atom is -0.444 e. The van der Waals surface area contributed by atoms with Crippen molar-refractivity contribution < 1.29 is 9.21 Å². The molecule has 1 rings (SSSR count). The van der Waals surface area contributed by atoms with Gasteiger partial charge in [-0.15, -0.1) is 0 Å². The Labute approximate surface area is 88.2 Å². The summed E-state index contributed by atoms with van der Waals surface area (Å²) >= 11 is 0. The minimum absolute atomic E-state index is 0.218. The quantitative estimate of drug-likeness (QED) is 0.751. The van der Waals surface area contributed by atoms with E-state index in [1.165, 1.54) is 6.08 Å². The van der Waals surface area contributed by atoms with E-state index in [-0.39, 0.29) is 11.8 Å². The Morgan fingerprint density at radius 3 is 2.73 bits per heavy atom. The summed E-state index contributed by atoms with van der Waals surface area (Å²) in [4.78, 5) is 11.2. The van der Waals surface area contributed by atoms with Crippen molar-refractivity contribution in [2.24, 2.45) is 0 Å². The Balaban J connectivity index is 3.01. The molecular formula is C11H12N2O2. The van der Waals surface area contributed by atoms with Crippen LogP contribution in [-0.2, 0) is 4.79 Å². The first-order chi connectivity index (χ1) is 7.10. The van der Waals surface area contributed by atoms with Gasteiger partial charge in [0.05, 0.1) is 0 Å². The SMILES string of the molecule is C/C=C/C(=O)Nc1oc(C)c(C)c1C#N. The van der Waals surface area contributed by atoms with Gasteiger partial charge in [0.25, 0.3) is 0 Å². The number of amides is 1. The topological polar surface area (TPSA) is 66.0 Å². The van der Waals surface area contributed by atoms with E-state index >= 15 is 0 Å². The molecule has 0 saturated heterocycles. The number of anilines is 1. The molecule has 0 aliphatic carbocycles. The summed E-state index contributed by atoms with van der Waals surface area (Å²) in [5, 5.41) is 11.4.